The highest BCUT2D eigenvalue weighted by atomic mass is 15.2. The van der Waals surface area contributed by atoms with E-state index >= 15 is 0 Å². The van der Waals surface area contributed by atoms with Crippen molar-refractivity contribution in [1.82, 2.24) is 14.6 Å². The van der Waals surface area contributed by atoms with Gasteiger partial charge in [0.05, 0.1) is 5.69 Å². The van der Waals surface area contributed by atoms with Crippen molar-refractivity contribution in [2.24, 2.45) is 0 Å². The van der Waals surface area contributed by atoms with E-state index in [9.17, 15) is 0 Å². The first kappa shape index (κ1) is 6.34. The zero-order valence-corrected chi connectivity index (χ0v) is 6.57. The van der Waals surface area contributed by atoms with E-state index in [0.717, 1.165) is 11.3 Å². The van der Waals surface area contributed by atoms with Crippen molar-refractivity contribution >= 4 is 5.65 Å². The molecule has 0 aliphatic heterocycles. The predicted octanol–water partition coefficient (Wildman–Crippen LogP) is 1.35. The summed E-state index contributed by atoms with van der Waals surface area (Å²) in [6, 6.07) is 2.01. The maximum atomic E-state index is 4.01. The van der Waals surface area contributed by atoms with Crippen molar-refractivity contribution in [2.75, 3.05) is 0 Å². The van der Waals surface area contributed by atoms with Crippen LogP contribution < -0.4 is 0 Å². The summed E-state index contributed by atoms with van der Waals surface area (Å²) in [6.07, 6.45) is 4.01. The minimum absolute atomic E-state index is 0.910. The summed E-state index contributed by atoms with van der Waals surface area (Å²) < 4.78 is 1.98. The molecule has 0 amide bonds. The van der Waals surface area contributed by atoms with Crippen molar-refractivity contribution in [1.29, 1.82) is 0 Å². The number of hydrogen-bond acceptors (Lipinski definition) is 2. The van der Waals surface area contributed by atoms with Crippen LogP contribution in [0.5, 0.6) is 0 Å². The van der Waals surface area contributed by atoms with Gasteiger partial charge in [0.2, 0.25) is 0 Å². The average Bonchev–Trinajstić information content (AvgIpc) is 2.27. The molecule has 0 aromatic carbocycles. The molecule has 0 aliphatic rings. The topological polar surface area (TPSA) is 30.2 Å². The Hall–Kier alpha value is -1.38. The van der Waals surface area contributed by atoms with E-state index in [2.05, 4.69) is 10.2 Å². The Kier molecular flexibility index (Phi) is 1.18. The second kappa shape index (κ2) is 2.05. The molecule has 0 aliphatic carbocycles. The van der Waals surface area contributed by atoms with E-state index in [1.807, 2.05) is 36.7 Å². The third-order valence-electron chi connectivity index (χ3n) is 1.60. The van der Waals surface area contributed by atoms with Gasteiger partial charge in [-0.1, -0.05) is 0 Å². The van der Waals surface area contributed by atoms with E-state index in [1.54, 1.807) is 0 Å². The highest BCUT2D eigenvalue weighted by Crippen LogP contribution is 2.04. The lowest BCUT2D eigenvalue weighted by Crippen LogP contribution is -1.91. The van der Waals surface area contributed by atoms with E-state index in [0.29, 0.717) is 0 Å². The molecular weight excluding hydrogens is 138 g/mol. The Morgan fingerprint density at radius 2 is 2.00 bits per heavy atom. The summed E-state index contributed by atoms with van der Waals surface area (Å²) in [6.45, 7) is 3.98. The largest absolute Gasteiger partial charge is 0.305 e. The molecule has 0 fully saturated rings. The van der Waals surface area contributed by atoms with Gasteiger partial charge >= 0.3 is 0 Å². The van der Waals surface area contributed by atoms with Crippen LogP contribution in [-0.4, -0.2) is 14.6 Å². The van der Waals surface area contributed by atoms with Crippen LogP contribution in [-0.2, 0) is 0 Å². The number of hydrogen-bond donors (Lipinski definition) is 0. The quantitative estimate of drug-likeness (QED) is 0.563. The minimum Gasteiger partial charge on any atom is -0.305 e. The first-order valence-corrected chi connectivity index (χ1v) is 3.54. The van der Waals surface area contributed by atoms with Gasteiger partial charge in [-0.25, -0.2) is 0 Å². The molecule has 0 bridgehead atoms. The molecule has 0 unspecified atom stereocenters. The van der Waals surface area contributed by atoms with Crippen molar-refractivity contribution in [2.45, 2.75) is 13.8 Å². The number of aromatic nitrogens is 3. The molecule has 2 rings (SSSR count). The van der Waals surface area contributed by atoms with Gasteiger partial charge in [-0.3, -0.25) is 0 Å². The molecule has 0 atom stereocenters. The highest BCUT2D eigenvalue weighted by molar-refractivity contribution is 5.41. The Labute approximate surface area is 64.7 Å². The lowest BCUT2D eigenvalue weighted by atomic mass is 10.4. The van der Waals surface area contributed by atoms with Crippen molar-refractivity contribution in [3.05, 3.63) is 29.7 Å². The van der Waals surface area contributed by atoms with Crippen LogP contribution in [0.4, 0.5) is 0 Å². The fourth-order valence-corrected chi connectivity index (χ4v) is 1.14. The molecule has 0 N–H and O–H groups in total. The van der Waals surface area contributed by atoms with Gasteiger partial charge in [0.25, 0.3) is 0 Å². The minimum atomic E-state index is 0.910. The van der Waals surface area contributed by atoms with Crippen LogP contribution in [0.15, 0.2) is 18.5 Å². The molecule has 2 heterocycles. The molecule has 0 saturated heterocycles. The number of aryl methyl sites for hydroxylation is 2. The molecule has 0 radical (unpaired) electrons. The Morgan fingerprint density at radius 1 is 1.18 bits per heavy atom. The number of rotatable bonds is 0. The normalized spacial score (nSPS) is 10.7. The Morgan fingerprint density at radius 3 is 2.82 bits per heavy atom. The third-order valence-corrected chi connectivity index (χ3v) is 1.60. The summed E-state index contributed by atoms with van der Waals surface area (Å²) in [7, 11) is 0. The van der Waals surface area contributed by atoms with Crippen LogP contribution in [0.3, 0.4) is 0 Å². The molecule has 0 saturated carbocycles. The fraction of sp³-hybridized carbons (Fsp3) is 0.250. The Bertz CT molecular complexity index is 389. The van der Waals surface area contributed by atoms with Gasteiger partial charge < -0.3 is 4.40 Å². The van der Waals surface area contributed by atoms with E-state index < -0.39 is 0 Å². The van der Waals surface area contributed by atoms with Crippen LogP contribution >= 0.6 is 0 Å². The summed E-state index contributed by atoms with van der Waals surface area (Å²) in [5.74, 6) is 0. The monoisotopic (exact) mass is 147 g/mol. The first-order valence-electron chi connectivity index (χ1n) is 3.54. The molecule has 3 heteroatoms. The second-order valence-electron chi connectivity index (χ2n) is 2.75. The third kappa shape index (κ3) is 0.981. The molecule has 56 valence electrons. The van der Waals surface area contributed by atoms with Crippen LogP contribution in [0, 0.1) is 13.8 Å². The number of nitrogens with zero attached hydrogens (tertiary/aromatic N) is 3. The zero-order valence-electron chi connectivity index (χ0n) is 6.57. The summed E-state index contributed by atoms with van der Waals surface area (Å²) in [5.41, 5.74) is 3.06. The molecule has 0 spiro atoms. The molecule has 2 aromatic heterocycles. The predicted molar refractivity (Wildman–Crippen MR) is 42.5 cm³/mol. The second-order valence-corrected chi connectivity index (χ2v) is 2.75. The lowest BCUT2D eigenvalue weighted by molar-refractivity contribution is 0.937. The van der Waals surface area contributed by atoms with Crippen molar-refractivity contribution < 1.29 is 0 Å². The average molecular weight is 147 g/mol. The SMILES string of the molecule is Cc1cc2nnc(C)cn2c1. The summed E-state index contributed by atoms with van der Waals surface area (Å²) >= 11 is 0. The molecular formula is C8H9N3. The van der Waals surface area contributed by atoms with Gasteiger partial charge in [0, 0.05) is 12.4 Å². The van der Waals surface area contributed by atoms with Gasteiger partial charge in [0.15, 0.2) is 5.65 Å². The van der Waals surface area contributed by atoms with Gasteiger partial charge in [-0.15, -0.1) is 5.10 Å². The fourth-order valence-electron chi connectivity index (χ4n) is 1.14. The van der Waals surface area contributed by atoms with E-state index in [-0.39, 0.29) is 0 Å². The Balaban J connectivity index is 2.82. The number of fused-ring (bicyclic) bond motifs is 1. The molecule has 3 nitrogen and oxygen atoms in total. The van der Waals surface area contributed by atoms with Gasteiger partial charge in [0.1, 0.15) is 0 Å². The summed E-state index contributed by atoms with van der Waals surface area (Å²) in [5, 5.41) is 7.96. The van der Waals surface area contributed by atoms with E-state index in [4.69, 9.17) is 0 Å². The van der Waals surface area contributed by atoms with Gasteiger partial charge in [-0.2, -0.15) is 5.10 Å². The standard InChI is InChI=1S/C8H9N3/c1-6-3-8-10-9-7(2)5-11(8)4-6/h3-5H,1-2H3. The molecule has 11 heavy (non-hydrogen) atoms. The molecule has 2 aromatic rings. The van der Waals surface area contributed by atoms with Crippen LogP contribution in [0.2, 0.25) is 0 Å². The smallest absolute Gasteiger partial charge is 0.159 e. The van der Waals surface area contributed by atoms with Gasteiger partial charge in [-0.05, 0) is 25.5 Å². The van der Waals surface area contributed by atoms with E-state index in [1.165, 1.54) is 5.56 Å². The maximum absolute atomic E-state index is 4.01. The highest BCUT2D eigenvalue weighted by Gasteiger charge is 1.96. The van der Waals surface area contributed by atoms with Crippen molar-refractivity contribution in [3.8, 4) is 0 Å². The van der Waals surface area contributed by atoms with Crippen molar-refractivity contribution in [3.63, 3.8) is 0 Å². The van der Waals surface area contributed by atoms with Crippen LogP contribution in [0.1, 0.15) is 11.3 Å². The maximum Gasteiger partial charge on any atom is 0.159 e. The summed E-state index contributed by atoms with van der Waals surface area (Å²) in [4.78, 5) is 0. The first-order chi connectivity index (χ1) is 5.25. The van der Waals surface area contributed by atoms with Crippen LogP contribution in [0.25, 0.3) is 5.65 Å². The zero-order chi connectivity index (χ0) is 7.84. The lowest BCUT2D eigenvalue weighted by Gasteiger charge is -1.92.